The Morgan fingerprint density at radius 2 is 2.12 bits per heavy atom. The summed E-state index contributed by atoms with van der Waals surface area (Å²) in [5.74, 6) is -0.784. The molecule has 1 atom stereocenters. The second-order valence-electron chi connectivity index (χ2n) is 5.95. The Morgan fingerprint density at radius 1 is 1.32 bits per heavy atom. The molecule has 1 fully saturated rings. The first-order chi connectivity index (χ1) is 12.1. The van der Waals surface area contributed by atoms with Gasteiger partial charge in [-0.25, -0.2) is 0 Å². The molecule has 25 heavy (non-hydrogen) atoms. The number of amides is 1. The van der Waals surface area contributed by atoms with Gasteiger partial charge in [-0.2, -0.15) is 0 Å². The van der Waals surface area contributed by atoms with E-state index in [1.54, 1.807) is 13.1 Å². The molecule has 1 aliphatic heterocycles. The first-order valence-corrected chi connectivity index (χ1v) is 8.37. The lowest BCUT2D eigenvalue weighted by molar-refractivity contribution is -0.147. The number of carbonyl (C=O) groups excluding carboxylic acids is 3. The van der Waals surface area contributed by atoms with Crippen molar-refractivity contribution in [2.75, 3.05) is 26.2 Å². The Balaban J connectivity index is 1.68. The van der Waals surface area contributed by atoms with Crippen LogP contribution in [-0.2, 0) is 14.3 Å². The van der Waals surface area contributed by atoms with Crippen molar-refractivity contribution in [3.63, 3.8) is 0 Å². The van der Waals surface area contributed by atoms with Crippen LogP contribution in [0.2, 0.25) is 0 Å². The molecular formula is C18H21N3O4. The van der Waals surface area contributed by atoms with Gasteiger partial charge in [0, 0.05) is 35.8 Å². The van der Waals surface area contributed by atoms with Crippen molar-refractivity contribution in [3.8, 4) is 0 Å². The van der Waals surface area contributed by atoms with Crippen molar-refractivity contribution >= 4 is 28.6 Å². The molecule has 132 valence electrons. The van der Waals surface area contributed by atoms with E-state index < -0.39 is 12.0 Å². The van der Waals surface area contributed by atoms with E-state index in [4.69, 9.17) is 4.74 Å². The fraction of sp³-hybridized carbons (Fsp3) is 0.389. The lowest BCUT2D eigenvalue weighted by Crippen LogP contribution is -2.56. The van der Waals surface area contributed by atoms with Gasteiger partial charge in [-0.3, -0.25) is 14.4 Å². The third-order valence-electron chi connectivity index (χ3n) is 4.28. The first-order valence-electron chi connectivity index (χ1n) is 8.37. The van der Waals surface area contributed by atoms with Gasteiger partial charge in [-0.15, -0.1) is 0 Å². The number of rotatable bonds is 6. The van der Waals surface area contributed by atoms with Gasteiger partial charge in [0.1, 0.15) is 0 Å². The fourth-order valence-corrected chi connectivity index (χ4v) is 3.06. The number of fused-ring (bicyclic) bond motifs is 1. The normalized spacial score (nSPS) is 17.7. The number of nitrogens with one attached hydrogen (secondary N) is 2. The maximum absolute atomic E-state index is 12.6. The zero-order valence-electron chi connectivity index (χ0n) is 14.1. The van der Waals surface area contributed by atoms with Crippen LogP contribution in [0, 0.1) is 0 Å². The molecule has 2 aromatic rings. The summed E-state index contributed by atoms with van der Waals surface area (Å²) in [6.45, 7) is 2.98. The molecule has 0 saturated carbocycles. The molecule has 0 spiro atoms. The van der Waals surface area contributed by atoms with Gasteiger partial charge in [0.15, 0.2) is 5.78 Å². The highest BCUT2D eigenvalue weighted by atomic mass is 16.5. The van der Waals surface area contributed by atoms with Crippen LogP contribution in [0.3, 0.4) is 0 Å². The zero-order valence-corrected chi connectivity index (χ0v) is 14.1. The van der Waals surface area contributed by atoms with Crippen LogP contribution in [0.5, 0.6) is 0 Å². The number of nitrogens with zero attached hydrogens (tertiary/aromatic N) is 1. The number of hydrogen-bond donors (Lipinski definition) is 2. The minimum absolute atomic E-state index is 0.00167. The second kappa shape index (κ2) is 7.48. The Labute approximate surface area is 145 Å². The fourth-order valence-electron chi connectivity index (χ4n) is 3.06. The van der Waals surface area contributed by atoms with Crippen molar-refractivity contribution < 1.29 is 19.1 Å². The van der Waals surface area contributed by atoms with Crippen LogP contribution < -0.4 is 5.32 Å². The monoisotopic (exact) mass is 343 g/mol. The highest BCUT2D eigenvalue weighted by molar-refractivity contribution is 6.09. The number of para-hydroxylation sites is 1. The predicted molar refractivity (Wildman–Crippen MR) is 92.2 cm³/mol. The van der Waals surface area contributed by atoms with E-state index in [1.807, 2.05) is 24.3 Å². The molecule has 1 aromatic carbocycles. The molecule has 2 N–H and O–H groups in total. The largest absolute Gasteiger partial charge is 0.466 e. The number of piperazine rings is 1. The summed E-state index contributed by atoms with van der Waals surface area (Å²) < 4.78 is 4.90. The average molecular weight is 343 g/mol. The Bertz CT molecular complexity index is 798. The van der Waals surface area contributed by atoms with Gasteiger partial charge in [0.05, 0.1) is 25.6 Å². The predicted octanol–water partition coefficient (Wildman–Crippen LogP) is 1.10. The highest BCUT2D eigenvalue weighted by Crippen LogP contribution is 2.19. The molecule has 0 radical (unpaired) electrons. The van der Waals surface area contributed by atoms with Crippen molar-refractivity contribution in [2.45, 2.75) is 19.4 Å². The molecule has 0 aliphatic carbocycles. The summed E-state index contributed by atoms with van der Waals surface area (Å²) in [5.41, 5.74) is 1.46. The summed E-state index contributed by atoms with van der Waals surface area (Å²) in [5, 5.41) is 3.86. The Kier molecular flexibility index (Phi) is 5.14. The molecule has 7 heteroatoms. The van der Waals surface area contributed by atoms with Crippen LogP contribution >= 0.6 is 0 Å². The standard InChI is InChI=1S/C18H21N3O4/c1-2-25-17(23)9-15-18(24)21(8-7-19-15)11-16(22)13-10-20-14-6-4-3-5-12(13)14/h3-6,10,15,19-20H,2,7-9,11H2,1H3/t15-/m0/s1. The maximum atomic E-state index is 12.6. The van der Waals surface area contributed by atoms with Crippen molar-refractivity contribution in [3.05, 3.63) is 36.0 Å². The number of ether oxygens (including phenoxy) is 1. The quantitative estimate of drug-likeness (QED) is 0.605. The smallest absolute Gasteiger partial charge is 0.307 e. The van der Waals surface area contributed by atoms with Crippen molar-refractivity contribution in [2.24, 2.45) is 0 Å². The highest BCUT2D eigenvalue weighted by Gasteiger charge is 2.32. The van der Waals surface area contributed by atoms with Crippen LogP contribution in [-0.4, -0.2) is 59.8 Å². The first kappa shape index (κ1) is 17.2. The summed E-state index contributed by atoms with van der Waals surface area (Å²) in [7, 11) is 0. The van der Waals surface area contributed by atoms with Gasteiger partial charge in [0.25, 0.3) is 0 Å². The van der Waals surface area contributed by atoms with Crippen molar-refractivity contribution in [1.82, 2.24) is 15.2 Å². The summed E-state index contributed by atoms with van der Waals surface area (Å²) in [6.07, 6.45) is 1.65. The summed E-state index contributed by atoms with van der Waals surface area (Å²) in [6, 6.07) is 6.91. The van der Waals surface area contributed by atoms with E-state index in [0.717, 1.165) is 10.9 Å². The Hall–Kier alpha value is -2.67. The average Bonchev–Trinajstić information content (AvgIpc) is 3.03. The third kappa shape index (κ3) is 3.71. The molecule has 2 heterocycles. The van der Waals surface area contributed by atoms with Gasteiger partial charge in [0.2, 0.25) is 5.91 Å². The lowest BCUT2D eigenvalue weighted by atomic mass is 10.1. The topological polar surface area (TPSA) is 91.5 Å². The SMILES string of the molecule is CCOC(=O)C[C@@H]1NCCN(CC(=O)c2c[nH]c3ccccc23)C1=O. The van der Waals surface area contributed by atoms with Crippen LogP contribution in [0.25, 0.3) is 10.9 Å². The molecule has 1 saturated heterocycles. The number of esters is 1. The molecule has 7 nitrogen and oxygen atoms in total. The number of benzene rings is 1. The molecule has 1 amide bonds. The number of carbonyl (C=O) groups is 3. The number of aromatic amines is 1. The molecule has 3 rings (SSSR count). The summed E-state index contributed by atoms with van der Waals surface area (Å²) >= 11 is 0. The van der Waals surface area contributed by atoms with Crippen LogP contribution in [0.4, 0.5) is 0 Å². The Morgan fingerprint density at radius 3 is 2.92 bits per heavy atom. The minimum Gasteiger partial charge on any atom is -0.466 e. The number of H-pyrrole nitrogens is 1. The minimum atomic E-state index is -0.636. The van der Waals surface area contributed by atoms with Gasteiger partial charge >= 0.3 is 5.97 Å². The van der Waals surface area contributed by atoms with Crippen molar-refractivity contribution in [1.29, 1.82) is 0 Å². The molecule has 0 unspecified atom stereocenters. The van der Waals surface area contributed by atoms with Crippen LogP contribution in [0.15, 0.2) is 30.5 Å². The van der Waals surface area contributed by atoms with E-state index in [-0.39, 0.29) is 31.3 Å². The molecule has 1 aliphatic rings. The zero-order chi connectivity index (χ0) is 17.8. The molecule has 0 bridgehead atoms. The third-order valence-corrected chi connectivity index (χ3v) is 4.28. The maximum Gasteiger partial charge on any atom is 0.307 e. The van der Waals surface area contributed by atoms with Gasteiger partial charge in [-0.05, 0) is 13.0 Å². The second-order valence-corrected chi connectivity index (χ2v) is 5.95. The number of ketones is 1. The summed E-state index contributed by atoms with van der Waals surface area (Å²) in [4.78, 5) is 41.4. The van der Waals surface area contributed by atoms with Gasteiger partial charge in [-0.1, -0.05) is 18.2 Å². The number of aromatic nitrogens is 1. The lowest BCUT2D eigenvalue weighted by Gasteiger charge is -2.32. The van der Waals surface area contributed by atoms with E-state index in [9.17, 15) is 14.4 Å². The van der Waals surface area contributed by atoms with Gasteiger partial charge < -0.3 is 19.9 Å². The van der Waals surface area contributed by atoms with E-state index in [1.165, 1.54) is 4.90 Å². The number of hydrogen-bond acceptors (Lipinski definition) is 5. The van der Waals surface area contributed by atoms with E-state index >= 15 is 0 Å². The van der Waals surface area contributed by atoms with E-state index in [0.29, 0.717) is 18.7 Å². The molecule has 1 aromatic heterocycles. The molecular weight excluding hydrogens is 322 g/mol. The van der Waals surface area contributed by atoms with Crippen LogP contribution in [0.1, 0.15) is 23.7 Å². The van der Waals surface area contributed by atoms with E-state index in [2.05, 4.69) is 10.3 Å². The number of Topliss-reactive ketones (excluding diaryl/α,β-unsaturated/α-hetero) is 1.